The van der Waals surface area contributed by atoms with E-state index in [1.807, 2.05) is 47.3 Å². The minimum Gasteiger partial charge on any atom is -0.369 e. The van der Waals surface area contributed by atoms with Crippen molar-refractivity contribution in [3.63, 3.8) is 0 Å². The highest BCUT2D eigenvalue weighted by molar-refractivity contribution is 5.89. The third-order valence-electron chi connectivity index (χ3n) is 4.77. The zero-order valence-electron chi connectivity index (χ0n) is 15.2. The fourth-order valence-corrected chi connectivity index (χ4v) is 3.33. The molecule has 1 aliphatic heterocycles. The van der Waals surface area contributed by atoms with Gasteiger partial charge in [-0.2, -0.15) is 5.10 Å². The second kappa shape index (κ2) is 8.09. The highest BCUT2D eigenvalue weighted by Gasteiger charge is 2.10. The van der Waals surface area contributed by atoms with Crippen LogP contribution in [-0.2, 0) is 6.54 Å². The van der Waals surface area contributed by atoms with E-state index < -0.39 is 0 Å². The van der Waals surface area contributed by atoms with Crippen molar-refractivity contribution in [2.24, 2.45) is 0 Å². The van der Waals surface area contributed by atoms with Crippen molar-refractivity contribution in [1.82, 2.24) is 20.4 Å². The lowest BCUT2D eigenvalue weighted by Crippen LogP contribution is -2.43. The monoisotopic (exact) mass is 364 g/mol. The van der Waals surface area contributed by atoms with Gasteiger partial charge in [0.1, 0.15) is 0 Å². The molecular formula is C20H24N6O. The molecule has 0 saturated carbocycles. The van der Waals surface area contributed by atoms with E-state index in [0.29, 0.717) is 13.1 Å². The largest absolute Gasteiger partial charge is 0.369 e. The lowest BCUT2D eigenvalue weighted by Gasteiger charge is -2.29. The van der Waals surface area contributed by atoms with Gasteiger partial charge in [-0.25, -0.2) is 4.79 Å². The van der Waals surface area contributed by atoms with Crippen LogP contribution in [-0.4, -0.2) is 48.5 Å². The van der Waals surface area contributed by atoms with Crippen LogP contribution in [0.1, 0.15) is 0 Å². The fraction of sp³-hybridized carbons (Fsp3) is 0.300. The van der Waals surface area contributed by atoms with Gasteiger partial charge in [-0.3, -0.25) is 4.68 Å². The summed E-state index contributed by atoms with van der Waals surface area (Å²) in [6.07, 6.45) is 1.84. The van der Waals surface area contributed by atoms with Crippen LogP contribution in [0.4, 0.5) is 16.2 Å². The number of nitrogens with zero attached hydrogens (tertiary/aromatic N) is 3. The van der Waals surface area contributed by atoms with Crippen LogP contribution in [0.25, 0.3) is 10.9 Å². The average Bonchev–Trinajstić information content (AvgIpc) is 3.12. The van der Waals surface area contributed by atoms with Gasteiger partial charge in [0.2, 0.25) is 0 Å². The summed E-state index contributed by atoms with van der Waals surface area (Å²) in [5, 5.41) is 14.6. The van der Waals surface area contributed by atoms with Crippen LogP contribution in [0.3, 0.4) is 0 Å². The number of piperazine rings is 1. The Hall–Kier alpha value is -3.06. The van der Waals surface area contributed by atoms with Gasteiger partial charge in [0.25, 0.3) is 0 Å². The van der Waals surface area contributed by atoms with Crippen LogP contribution in [0.5, 0.6) is 0 Å². The van der Waals surface area contributed by atoms with E-state index in [1.165, 1.54) is 5.69 Å². The molecule has 7 heteroatoms. The van der Waals surface area contributed by atoms with Crippen molar-refractivity contribution in [3.8, 4) is 0 Å². The molecule has 3 aromatic rings. The Morgan fingerprint density at radius 3 is 2.67 bits per heavy atom. The van der Waals surface area contributed by atoms with Crippen LogP contribution in [0.2, 0.25) is 0 Å². The Labute approximate surface area is 158 Å². The van der Waals surface area contributed by atoms with Gasteiger partial charge in [-0.1, -0.05) is 18.2 Å². The number of aromatic nitrogens is 2. The number of rotatable bonds is 5. The van der Waals surface area contributed by atoms with Crippen molar-refractivity contribution < 1.29 is 4.79 Å². The van der Waals surface area contributed by atoms with Crippen LogP contribution < -0.4 is 20.9 Å². The van der Waals surface area contributed by atoms with E-state index in [2.05, 4.69) is 38.1 Å². The number of carbonyl (C=O) groups is 1. The summed E-state index contributed by atoms with van der Waals surface area (Å²) in [5.41, 5.74) is 3.05. The van der Waals surface area contributed by atoms with Gasteiger partial charge in [0.15, 0.2) is 0 Å². The number of benzene rings is 2. The first kappa shape index (κ1) is 17.4. The molecule has 27 heavy (non-hydrogen) atoms. The second-order valence-electron chi connectivity index (χ2n) is 6.59. The van der Waals surface area contributed by atoms with Crippen LogP contribution in [0.15, 0.2) is 54.7 Å². The maximum atomic E-state index is 12.1. The normalized spacial score (nSPS) is 14.3. The number of hydrogen-bond donors (Lipinski definition) is 3. The predicted molar refractivity (Wildman–Crippen MR) is 108 cm³/mol. The number of amides is 2. The minimum absolute atomic E-state index is 0.207. The summed E-state index contributed by atoms with van der Waals surface area (Å²) in [5.74, 6) is 0. The Bertz CT molecular complexity index is 898. The van der Waals surface area contributed by atoms with E-state index in [-0.39, 0.29) is 6.03 Å². The van der Waals surface area contributed by atoms with E-state index in [9.17, 15) is 4.79 Å². The molecule has 1 aliphatic rings. The van der Waals surface area contributed by atoms with E-state index in [0.717, 1.165) is 42.8 Å². The van der Waals surface area contributed by atoms with Crippen LogP contribution in [0, 0.1) is 0 Å². The maximum Gasteiger partial charge on any atom is 0.319 e. The van der Waals surface area contributed by atoms with Crippen LogP contribution >= 0.6 is 0 Å². The summed E-state index contributed by atoms with van der Waals surface area (Å²) in [6.45, 7) is 5.17. The molecule has 1 fully saturated rings. The molecule has 1 saturated heterocycles. The van der Waals surface area contributed by atoms with E-state index in [1.54, 1.807) is 0 Å². The number of anilines is 2. The molecule has 0 radical (unpaired) electrons. The first-order chi connectivity index (χ1) is 13.3. The molecular weight excluding hydrogens is 340 g/mol. The molecule has 0 aliphatic carbocycles. The Balaban J connectivity index is 1.26. The minimum atomic E-state index is -0.207. The molecule has 4 rings (SSSR count). The molecule has 140 valence electrons. The second-order valence-corrected chi connectivity index (χ2v) is 6.59. The Kier molecular flexibility index (Phi) is 5.20. The molecule has 7 nitrogen and oxygen atoms in total. The Morgan fingerprint density at radius 2 is 1.85 bits per heavy atom. The summed E-state index contributed by atoms with van der Waals surface area (Å²) >= 11 is 0. The maximum absolute atomic E-state index is 12.1. The molecule has 0 spiro atoms. The lowest BCUT2D eigenvalue weighted by molar-refractivity contribution is 0.251. The van der Waals surface area contributed by atoms with E-state index in [4.69, 9.17) is 0 Å². The molecule has 3 N–H and O–H groups in total. The first-order valence-electron chi connectivity index (χ1n) is 9.31. The highest BCUT2D eigenvalue weighted by Crippen LogP contribution is 2.18. The SMILES string of the molecule is O=C(NCCn1ncc2ccccc21)Nc1ccc(N2CCNCC2)cc1. The molecule has 1 aromatic heterocycles. The van der Waals surface area contributed by atoms with Gasteiger partial charge in [0, 0.05) is 49.5 Å². The van der Waals surface area contributed by atoms with Crippen molar-refractivity contribution in [1.29, 1.82) is 0 Å². The third-order valence-corrected chi connectivity index (χ3v) is 4.77. The molecule has 2 amide bonds. The third kappa shape index (κ3) is 4.20. The summed E-state index contributed by atoms with van der Waals surface area (Å²) in [4.78, 5) is 14.5. The molecule has 2 aromatic carbocycles. The highest BCUT2D eigenvalue weighted by atomic mass is 16.2. The molecule has 0 bridgehead atoms. The van der Waals surface area contributed by atoms with Crippen molar-refractivity contribution in [2.45, 2.75) is 6.54 Å². The zero-order valence-corrected chi connectivity index (χ0v) is 15.2. The quantitative estimate of drug-likeness (QED) is 0.649. The summed E-state index contributed by atoms with van der Waals surface area (Å²) in [6, 6.07) is 15.8. The number of urea groups is 1. The number of nitrogens with one attached hydrogen (secondary N) is 3. The summed E-state index contributed by atoms with van der Waals surface area (Å²) in [7, 11) is 0. The average molecular weight is 364 g/mol. The van der Waals surface area contributed by atoms with Crippen molar-refractivity contribution in [3.05, 3.63) is 54.7 Å². The number of fused-ring (bicyclic) bond motifs is 1. The number of carbonyl (C=O) groups excluding carboxylic acids is 1. The van der Waals surface area contributed by atoms with Gasteiger partial charge in [0.05, 0.1) is 18.3 Å². The van der Waals surface area contributed by atoms with Crippen molar-refractivity contribution in [2.75, 3.05) is 42.9 Å². The van der Waals surface area contributed by atoms with Gasteiger partial charge in [-0.05, 0) is 30.3 Å². The standard InChI is InChI=1S/C20H24N6O/c27-20(22-11-14-26-19-4-2-1-3-16(19)15-23-26)24-17-5-7-18(8-6-17)25-12-9-21-10-13-25/h1-8,15,21H,9-14H2,(H2,22,24,27). The number of hydrogen-bond acceptors (Lipinski definition) is 4. The lowest BCUT2D eigenvalue weighted by atomic mass is 10.2. The summed E-state index contributed by atoms with van der Waals surface area (Å²) < 4.78 is 1.90. The fourth-order valence-electron chi connectivity index (χ4n) is 3.33. The van der Waals surface area contributed by atoms with Crippen molar-refractivity contribution >= 4 is 28.3 Å². The number of para-hydroxylation sites is 1. The zero-order chi connectivity index (χ0) is 18.5. The van der Waals surface area contributed by atoms with Gasteiger partial charge >= 0.3 is 6.03 Å². The van der Waals surface area contributed by atoms with Gasteiger partial charge in [-0.15, -0.1) is 0 Å². The van der Waals surface area contributed by atoms with E-state index >= 15 is 0 Å². The topological polar surface area (TPSA) is 74.2 Å². The molecule has 2 heterocycles. The molecule has 0 unspecified atom stereocenters. The predicted octanol–water partition coefficient (Wildman–Crippen LogP) is 2.27. The Morgan fingerprint density at radius 1 is 1.07 bits per heavy atom. The first-order valence-corrected chi connectivity index (χ1v) is 9.31. The van der Waals surface area contributed by atoms with Gasteiger partial charge < -0.3 is 20.9 Å². The smallest absolute Gasteiger partial charge is 0.319 e. The molecule has 0 atom stereocenters.